The van der Waals surface area contributed by atoms with Crippen molar-refractivity contribution in [2.75, 3.05) is 5.32 Å². The van der Waals surface area contributed by atoms with Crippen LogP contribution in [0.25, 0.3) is 0 Å². The third kappa shape index (κ3) is 3.48. The van der Waals surface area contributed by atoms with E-state index in [0.29, 0.717) is 12.2 Å². The summed E-state index contributed by atoms with van der Waals surface area (Å²) in [6.07, 6.45) is -1.42. The summed E-state index contributed by atoms with van der Waals surface area (Å²) < 4.78 is 39.8. The molecule has 0 aromatic carbocycles. The normalized spacial score (nSPS) is 11.4. The molecule has 2 heterocycles. The van der Waals surface area contributed by atoms with Crippen molar-refractivity contribution in [3.8, 4) is 0 Å². The van der Waals surface area contributed by atoms with Gasteiger partial charge in [-0.25, -0.2) is 4.98 Å². The molecular weight excluding hydrogens is 303 g/mol. The molecule has 0 saturated heterocycles. The molecule has 112 valence electrons. The standard InChI is InChI=1S/C12H12F3N5S/c1-2-20-6-7(5-17-20)18-11-8(10(16)21)3-4-9(19-11)12(13,14)15/h3-6H,2H2,1H3,(H2,16,21)(H,18,19). The number of hydrogen-bond donors (Lipinski definition) is 2. The number of hydrogen-bond acceptors (Lipinski definition) is 4. The Bertz CT molecular complexity index is 665. The molecule has 0 spiro atoms. The average molecular weight is 315 g/mol. The molecule has 0 saturated carbocycles. The van der Waals surface area contributed by atoms with Gasteiger partial charge in [0, 0.05) is 12.7 Å². The smallest absolute Gasteiger partial charge is 0.389 e. The summed E-state index contributed by atoms with van der Waals surface area (Å²) in [6, 6.07) is 2.04. The van der Waals surface area contributed by atoms with Gasteiger partial charge in [0.25, 0.3) is 0 Å². The number of pyridine rings is 1. The van der Waals surface area contributed by atoms with E-state index in [9.17, 15) is 13.2 Å². The number of halogens is 3. The van der Waals surface area contributed by atoms with Crippen LogP contribution in [-0.2, 0) is 12.7 Å². The molecular formula is C12H12F3N5S. The molecule has 3 N–H and O–H groups in total. The zero-order chi connectivity index (χ0) is 15.6. The number of nitrogens with two attached hydrogens (primary N) is 1. The van der Waals surface area contributed by atoms with E-state index in [1.807, 2.05) is 6.92 Å². The number of nitrogens with zero attached hydrogens (tertiary/aromatic N) is 3. The molecule has 0 radical (unpaired) electrons. The fourth-order valence-corrected chi connectivity index (χ4v) is 1.81. The van der Waals surface area contributed by atoms with Gasteiger partial charge in [0.1, 0.15) is 16.5 Å². The van der Waals surface area contributed by atoms with Crippen LogP contribution in [-0.4, -0.2) is 19.8 Å². The Morgan fingerprint density at radius 2 is 2.14 bits per heavy atom. The number of aromatic nitrogens is 3. The topological polar surface area (TPSA) is 68.8 Å². The molecule has 0 aliphatic carbocycles. The lowest BCUT2D eigenvalue weighted by atomic mass is 10.2. The van der Waals surface area contributed by atoms with Crippen LogP contribution in [0.15, 0.2) is 24.5 Å². The zero-order valence-electron chi connectivity index (χ0n) is 11.0. The van der Waals surface area contributed by atoms with Crippen molar-refractivity contribution in [3.63, 3.8) is 0 Å². The lowest BCUT2D eigenvalue weighted by Crippen LogP contribution is -2.16. The predicted octanol–water partition coefficient (Wildman–Crippen LogP) is 2.69. The quantitative estimate of drug-likeness (QED) is 0.849. The van der Waals surface area contributed by atoms with Crippen LogP contribution in [0.2, 0.25) is 0 Å². The third-order valence-corrected chi connectivity index (χ3v) is 2.89. The number of thiocarbonyl (C=S) groups is 1. The highest BCUT2D eigenvalue weighted by Gasteiger charge is 2.33. The van der Waals surface area contributed by atoms with Crippen molar-refractivity contribution in [3.05, 3.63) is 35.8 Å². The minimum absolute atomic E-state index is 0.0402. The van der Waals surface area contributed by atoms with Crippen molar-refractivity contribution in [1.82, 2.24) is 14.8 Å². The van der Waals surface area contributed by atoms with Crippen molar-refractivity contribution in [2.24, 2.45) is 5.73 Å². The van der Waals surface area contributed by atoms with Crippen LogP contribution >= 0.6 is 12.2 Å². The van der Waals surface area contributed by atoms with E-state index in [2.05, 4.69) is 15.4 Å². The second kappa shape index (κ2) is 5.68. The molecule has 0 amide bonds. The van der Waals surface area contributed by atoms with Crippen LogP contribution in [0.4, 0.5) is 24.7 Å². The van der Waals surface area contributed by atoms with E-state index in [4.69, 9.17) is 18.0 Å². The first kappa shape index (κ1) is 15.2. The van der Waals surface area contributed by atoms with Crippen LogP contribution in [0, 0.1) is 0 Å². The highest BCUT2D eigenvalue weighted by Crippen LogP contribution is 2.30. The van der Waals surface area contributed by atoms with Gasteiger partial charge in [-0.05, 0) is 19.1 Å². The van der Waals surface area contributed by atoms with E-state index < -0.39 is 11.9 Å². The second-order valence-electron chi connectivity index (χ2n) is 4.16. The molecule has 2 aromatic heterocycles. The summed E-state index contributed by atoms with van der Waals surface area (Å²) >= 11 is 4.83. The molecule has 5 nitrogen and oxygen atoms in total. The maximum absolute atomic E-state index is 12.7. The van der Waals surface area contributed by atoms with Gasteiger partial charge >= 0.3 is 6.18 Å². The molecule has 0 unspecified atom stereocenters. The first-order valence-electron chi connectivity index (χ1n) is 5.98. The Labute approximate surface area is 124 Å². The predicted molar refractivity (Wildman–Crippen MR) is 76.3 cm³/mol. The fourth-order valence-electron chi connectivity index (χ4n) is 1.65. The van der Waals surface area contributed by atoms with Gasteiger partial charge in [0.2, 0.25) is 0 Å². The molecule has 9 heteroatoms. The van der Waals surface area contributed by atoms with Crippen molar-refractivity contribution >= 4 is 28.7 Å². The van der Waals surface area contributed by atoms with Crippen molar-refractivity contribution in [1.29, 1.82) is 0 Å². The maximum atomic E-state index is 12.7. The average Bonchev–Trinajstić information content (AvgIpc) is 2.85. The Morgan fingerprint density at radius 1 is 1.43 bits per heavy atom. The van der Waals surface area contributed by atoms with Crippen LogP contribution in [0.5, 0.6) is 0 Å². The summed E-state index contributed by atoms with van der Waals surface area (Å²) in [4.78, 5) is 3.51. The third-order valence-electron chi connectivity index (χ3n) is 2.67. The summed E-state index contributed by atoms with van der Waals surface area (Å²) in [7, 11) is 0. The Balaban J connectivity index is 2.41. The molecule has 0 aliphatic heterocycles. The Morgan fingerprint density at radius 3 is 2.67 bits per heavy atom. The molecule has 0 aliphatic rings. The van der Waals surface area contributed by atoms with Crippen LogP contribution in [0.3, 0.4) is 0 Å². The Hall–Kier alpha value is -2.16. The number of anilines is 2. The number of alkyl halides is 3. The van der Waals surface area contributed by atoms with Gasteiger partial charge in [0.05, 0.1) is 17.4 Å². The zero-order valence-corrected chi connectivity index (χ0v) is 11.8. The minimum Gasteiger partial charge on any atom is -0.389 e. The fraction of sp³-hybridized carbons (Fsp3) is 0.250. The van der Waals surface area contributed by atoms with E-state index in [1.54, 1.807) is 10.9 Å². The van der Waals surface area contributed by atoms with Gasteiger partial charge < -0.3 is 11.1 Å². The minimum atomic E-state index is -4.54. The van der Waals surface area contributed by atoms with Crippen LogP contribution in [0.1, 0.15) is 18.2 Å². The lowest BCUT2D eigenvalue weighted by Gasteiger charge is -2.12. The van der Waals surface area contributed by atoms with E-state index in [1.165, 1.54) is 12.3 Å². The second-order valence-corrected chi connectivity index (χ2v) is 4.60. The molecule has 21 heavy (non-hydrogen) atoms. The van der Waals surface area contributed by atoms with Crippen LogP contribution < -0.4 is 11.1 Å². The van der Waals surface area contributed by atoms with Gasteiger partial charge in [-0.15, -0.1) is 0 Å². The number of nitrogens with one attached hydrogen (secondary N) is 1. The first-order valence-corrected chi connectivity index (χ1v) is 6.39. The SMILES string of the molecule is CCn1cc(Nc2nc(C(F)(F)F)ccc2C(N)=S)cn1. The highest BCUT2D eigenvalue weighted by atomic mass is 32.1. The van der Waals surface area contributed by atoms with E-state index >= 15 is 0 Å². The first-order chi connectivity index (χ1) is 9.81. The van der Waals surface area contributed by atoms with Crippen molar-refractivity contribution < 1.29 is 13.2 Å². The van der Waals surface area contributed by atoms with Gasteiger partial charge in [-0.1, -0.05) is 12.2 Å². The Kier molecular flexibility index (Phi) is 4.12. The molecule has 0 atom stereocenters. The lowest BCUT2D eigenvalue weighted by molar-refractivity contribution is -0.141. The highest BCUT2D eigenvalue weighted by molar-refractivity contribution is 7.80. The largest absolute Gasteiger partial charge is 0.433 e. The van der Waals surface area contributed by atoms with Gasteiger partial charge in [-0.3, -0.25) is 4.68 Å². The molecule has 0 bridgehead atoms. The summed E-state index contributed by atoms with van der Waals surface area (Å²) in [5.74, 6) is -0.0482. The monoisotopic (exact) mass is 315 g/mol. The van der Waals surface area contributed by atoms with Gasteiger partial charge in [-0.2, -0.15) is 18.3 Å². The molecule has 2 rings (SSSR count). The summed E-state index contributed by atoms with van der Waals surface area (Å²) in [5.41, 5.74) is 5.23. The van der Waals surface area contributed by atoms with E-state index in [0.717, 1.165) is 6.07 Å². The summed E-state index contributed by atoms with van der Waals surface area (Å²) in [5, 5.41) is 6.78. The van der Waals surface area contributed by atoms with E-state index in [-0.39, 0.29) is 16.4 Å². The number of aryl methyl sites for hydroxylation is 1. The summed E-state index contributed by atoms with van der Waals surface area (Å²) in [6.45, 7) is 2.53. The van der Waals surface area contributed by atoms with Gasteiger partial charge in [0.15, 0.2) is 0 Å². The maximum Gasteiger partial charge on any atom is 0.433 e. The van der Waals surface area contributed by atoms with Crippen molar-refractivity contribution in [2.45, 2.75) is 19.6 Å². The molecule has 2 aromatic rings. The number of rotatable bonds is 4. The molecule has 0 fully saturated rings.